The third kappa shape index (κ3) is 59.0. The normalized spacial score (nSPS) is 13.9. The van der Waals surface area contributed by atoms with Gasteiger partial charge in [0.2, 0.25) is 0 Å². The molecule has 0 bridgehead atoms. The number of allylic oxidation sites excluding steroid dienone is 16. The molecule has 3 unspecified atom stereocenters. The van der Waals surface area contributed by atoms with E-state index in [4.69, 9.17) is 23.3 Å². The molecule has 0 saturated heterocycles. The van der Waals surface area contributed by atoms with E-state index in [2.05, 4.69) is 106 Å². The first-order chi connectivity index (χ1) is 39.2. The van der Waals surface area contributed by atoms with Crippen LogP contribution < -0.4 is 0 Å². The first kappa shape index (κ1) is 76.4. The first-order valence-corrected chi connectivity index (χ1v) is 33.6. The Balaban J connectivity index is 4.80. The summed E-state index contributed by atoms with van der Waals surface area (Å²) in [6, 6.07) is 0. The Hall–Kier alpha value is -3.60. The number of aliphatic hydroxyl groups is 1. The molecular weight excluding hydrogens is 1020 g/mol. The molecule has 0 saturated carbocycles. The largest absolute Gasteiger partial charge is 0.472 e. The Morgan fingerprint density at radius 1 is 0.362 bits per heavy atom. The summed E-state index contributed by atoms with van der Waals surface area (Å²) in [5.74, 6) is -1.57. The topological polar surface area (TPSA) is 155 Å². The monoisotopic (exact) mass is 1140 g/mol. The van der Waals surface area contributed by atoms with E-state index in [1.54, 1.807) is 0 Å². The van der Waals surface area contributed by atoms with Crippen LogP contribution in [-0.4, -0.2) is 66.5 Å². The molecule has 0 aliphatic carbocycles. The Morgan fingerprint density at radius 3 is 1.10 bits per heavy atom. The fraction of sp³-hybridized carbons (Fsp3) is 0.721. The second kappa shape index (κ2) is 61.5. The lowest BCUT2D eigenvalue weighted by Gasteiger charge is -2.21. The smallest absolute Gasteiger partial charge is 0.462 e. The van der Waals surface area contributed by atoms with Gasteiger partial charge in [-0.3, -0.25) is 23.4 Å². The second-order valence-corrected chi connectivity index (χ2v) is 22.7. The van der Waals surface area contributed by atoms with Gasteiger partial charge in [-0.25, -0.2) is 4.57 Å². The van der Waals surface area contributed by atoms with Gasteiger partial charge in [0, 0.05) is 19.3 Å². The third-order valence-corrected chi connectivity index (χ3v) is 14.5. The van der Waals surface area contributed by atoms with Gasteiger partial charge in [0.15, 0.2) is 6.10 Å². The molecule has 0 rings (SSSR count). The van der Waals surface area contributed by atoms with Crippen LogP contribution in [-0.2, 0) is 42.2 Å². The highest BCUT2D eigenvalue weighted by molar-refractivity contribution is 7.47. The van der Waals surface area contributed by atoms with Crippen LogP contribution in [0.15, 0.2) is 97.2 Å². The number of carbonyl (C=O) groups excluding carboxylic acids is 3. The van der Waals surface area contributed by atoms with E-state index in [9.17, 15) is 28.9 Å². The summed E-state index contributed by atoms with van der Waals surface area (Å²) in [6.07, 6.45) is 73.7. The average molecular weight is 1140 g/mol. The molecule has 0 aliphatic heterocycles. The maximum atomic E-state index is 12.9. The summed E-state index contributed by atoms with van der Waals surface area (Å²) in [6.45, 7) is 4.45. The number of carbonyl (C=O) groups is 3. The molecule has 11 nitrogen and oxygen atoms in total. The molecule has 12 heteroatoms. The van der Waals surface area contributed by atoms with Gasteiger partial charge in [-0.15, -0.1) is 0 Å². The van der Waals surface area contributed by atoms with E-state index in [-0.39, 0.29) is 25.9 Å². The van der Waals surface area contributed by atoms with Crippen molar-refractivity contribution in [1.82, 2.24) is 0 Å². The summed E-state index contributed by atoms with van der Waals surface area (Å²) in [5, 5.41) is 9.85. The summed E-state index contributed by atoms with van der Waals surface area (Å²) in [4.78, 5) is 48.7. The van der Waals surface area contributed by atoms with Gasteiger partial charge in [-0.05, 0) is 89.9 Å². The summed E-state index contributed by atoms with van der Waals surface area (Å²) in [5.41, 5.74) is 0. The number of esters is 3. The Kier molecular flexibility index (Phi) is 58.7. The van der Waals surface area contributed by atoms with Crippen molar-refractivity contribution in [2.45, 2.75) is 290 Å². The van der Waals surface area contributed by atoms with Crippen molar-refractivity contribution in [1.29, 1.82) is 0 Å². The number of hydrogen-bond donors (Lipinski definition) is 2. The SMILES string of the molecule is CC/C=C\C/C=C\C/C=C\C/C=C\C/C=C\C/C=C\CCC(=O)OC(COC(=O)CCCCCCCCCCCCCCCCCCC)COP(=O)(O)OCC(CO)OC(=O)CCCCCCCCC/C=C\C/C=C\CCCCC. The number of rotatable bonds is 59. The highest BCUT2D eigenvalue weighted by Crippen LogP contribution is 2.43. The molecule has 0 amide bonds. The molecular formula is C68H117O11P. The Labute approximate surface area is 489 Å². The molecule has 0 spiro atoms. The highest BCUT2D eigenvalue weighted by atomic mass is 31.2. The van der Waals surface area contributed by atoms with Gasteiger partial charge in [0.1, 0.15) is 12.7 Å². The first-order valence-electron chi connectivity index (χ1n) is 32.1. The van der Waals surface area contributed by atoms with Crippen LogP contribution in [0.25, 0.3) is 0 Å². The zero-order valence-corrected chi connectivity index (χ0v) is 51.9. The minimum absolute atomic E-state index is 0.0403. The summed E-state index contributed by atoms with van der Waals surface area (Å²) in [7, 11) is -4.78. The van der Waals surface area contributed by atoms with Gasteiger partial charge < -0.3 is 24.2 Å². The Morgan fingerprint density at radius 2 is 0.675 bits per heavy atom. The molecule has 460 valence electrons. The Bertz CT molecular complexity index is 1710. The van der Waals surface area contributed by atoms with Crippen molar-refractivity contribution in [3.8, 4) is 0 Å². The summed E-state index contributed by atoms with van der Waals surface area (Å²) < 4.78 is 39.6. The van der Waals surface area contributed by atoms with Crippen LogP contribution in [0.4, 0.5) is 0 Å². The number of unbranched alkanes of at least 4 members (excludes halogenated alkanes) is 26. The van der Waals surface area contributed by atoms with Crippen LogP contribution in [0.5, 0.6) is 0 Å². The molecule has 2 N–H and O–H groups in total. The van der Waals surface area contributed by atoms with Gasteiger partial charge in [-0.1, -0.05) is 266 Å². The molecule has 0 aliphatic rings. The van der Waals surface area contributed by atoms with Crippen molar-refractivity contribution in [3.05, 3.63) is 97.2 Å². The second-order valence-electron chi connectivity index (χ2n) is 21.2. The van der Waals surface area contributed by atoms with Crippen molar-refractivity contribution in [3.63, 3.8) is 0 Å². The highest BCUT2D eigenvalue weighted by Gasteiger charge is 2.28. The van der Waals surface area contributed by atoms with E-state index >= 15 is 0 Å². The number of phosphoric acid groups is 1. The van der Waals surface area contributed by atoms with Crippen molar-refractivity contribution >= 4 is 25.7 Å². The molecule has 80 heavy (non-hydrogen) atoms. The average Bonchev–Trinajstić information content (AvgIpc) is 3.45. The molecule has 0 aromatic carbocycles. The van der Waals surface area contributed by atoms with Gasteiger partial charge >= 0.3 is 25.7 Å². The maximum Gasteiger partial charge on any atom is 0.472 e. The lowest BCUT2D eigenvalue weighted by atomic mass is 10.0. The predicted molar refractivity (Wildman–Crippen MR) is 334 cm³/mol. The van der Waals surface area contributed by atoms with E-state index < -0.39 is 57.8 Å². The fourth-order valence-corrected chi connectivity index (χ4v) is 9.43. The fourth-order valence-electron chi connectivity index (χ4n) is 8.65. The molecule has 0 aromatic rings. The lowest BCUT2D eigenvalue weighted by Crippen LogP contribution is -2.30. The van der Waals surface area contributed by atoms with Crippen molar-refractivity contribution in [2.75, 3.05) is 26.4 Å². The van der Waals surface area contributed by atoms with E-state index in [0.717, 1.165) is 89.9 Å². The standard InChI is InChI=1S/C68H117O11P/c1-4-7-10-13-16-19-22-25-28-31-32-35-38-41-44-47-50-53-56-59-68(72)79-65(61-75-66(70)57-54-51-48-45-42-39-36-33-29-26-23-20-17-14-11-8-5-2)63-77-80(73,74)76-62-64(60-69)78-67(71)58-55-52-49-46-43-40-37-34-30-27-24-21-18-15-12-9-6-3/h7,10,16,18-19,21,25,27-28,30,32,35,41,44,50,53,64-65,69H,4-6,8-9,11-15,17,20,22-24,26,29,31,33-34,36-40,42-43,45-49,51-52,54-63H2,1-3H3,(H,73,74)/b10-7-,19-16-,21-18-,28-25-,30-27-,35-32-,44-41-,53-50-. The van der Waals surface area contributed by atoms with E-state index in [1.165, 1.54) is 122 Å². The molecule has 0 fully saturated rings. The molecule has 3 atom stereocenters. The summed E-state index contributed by atoms with van der Waals surface area (Å²) >= 11 is 0. The van der Waals surface area contributed by atoms with Crippen molar-refractivity contribution in [2.24, 2.45) is 0 Å². The minimum Gasteiger partial charge on any atom is -0.462 e. The number of phosphoric ester groups is 1. The van der Waals surface area contributed by atoms with Crippen LogP contribution in [0.2, 0.25) is 0 Å². The predicted octanol–water partition coefficient (Wildman–Crippen LogP) is 19.6. The van der Waals surface area contributed by atoms with Crippen LogP contribution in [0.1, 0.15) is 278 Å². The molecule has 0 heterocycles. The number of hydrogen-bond acceptors (Lipinski definition) is 10. The third-order valence-electron chi connectivity index (χ3n) is 13.5. The molecule has 0 aromatic heterocycles. The zero-order chi connectivity index (χ0) is 58.3. The maximum absolute atomic E-state index is 12.9. The zero-order valence-electron chi connectivity index (χ0n) is 51.0. The van der Waals surface area contributed by atoms with Crippen LogP contribution in [0, 0.1) is 0 Å². The van der Waals surface area contributed by atoms with Gasteiger partial charge in [0.05, 0.1) is 19.8 Å². The van der Waals surface area contributed by atoms with E-state index in [1.807, 2.05) is 12.2 Å². The van der Waals surface area contributed by atoms with Crippen LogP contribution in [0.3, 0.4) is 0 Å². The minimum atomic E-state index is -4.78. The van der Waals surface area contributed by atoms with Crippen LogP contribution >= 0.6 is 7.82 Å². The quantitative estimate of drug-likeness (QED) is 0.0197. The molecule has 0 radical (unpaired) electrons. The lowest BCUT2D eigenvalue weighted by molar-refractivity contribution is -0.161. The van der Waals surface area contributed by atoms with Gasteiger partial charge in [0.25, 0.3) is 0 Å². The van der Waals surface area contributed by atoms with Gasteiger partial charge in [-0.2, -0.15) is 0 Å². The van der Waals surface area contributed by atoms with E-state index in [0.29, 0.717) is 25.7 Å². The number of aliphatic hydroxyl groups excluding tert-OH is 1. The van der Waals surface area contributed by atoms with Crippen molar-refractivity contribution < 1.29 is 52.2 Å². The number of ether oxygens (including phenoxy) is 3.